The predicted octanol–water partition coefficient (Wildman–Crippen LogP) is 3.13. The molecule has 194 valence electrons. The Labute approximate surface area is 209 Å². The number of ether oxygens (including phenoxy) is 1. The van der Waals surface area contributed by atoms with Crippen molar-refractivity contribution in [3.05, 3.63) is 41.7 Å². The van der Waals surface area contributed by atoms with Crippen LogP contribution in [0.5, 0.6) is 5.88 Å². The quantitative estimate of drug-likeness (QED) is 0.537. The molecule has 0 unspecified atom stereocenters. The lowest BCUT2D eigenvalue weighted by Gasteiger charge is -2.34. The van der Waals surface area contributed by atoms with Crippen molar-refractivity contribution in [1.82, 2.24) is 25.7 Å². The zero-order chi connectivity index (χ0) is 25.7. The van der Waals surface area contributed by atoms with E-state index in [2.05, 4.69) is 25.7 Å². The summed E-state index contributed by atoms with van der Waals surface area (Å²) in [5.41, 5.74) is -0.516. The number of rotatable bonds is 8. The molecular formula is C26H33F2N5O3. The summed E-state index contributed by atoms with van der Waals surface area (Å²) in [6.07, 6.45) is 3.38. The molecular weight excluding hydrogens is 468 g/mol. The Kier molecular flexibility index (Phi) is 8.25. The topological polar surface area (TPSA) is 96.5 Å². The average Bonchev–Trinajstić information content (AvgIpc) is 3.38. The molecule has 10 heteroatoms. The van der Waals surface area contributed by atoms with Crippen LogP contribution < -0.4 is 15.4 Å². The number of nitrogens with zero attached hydrogens (tertiary/aromatic N) is 3. The van der Waals surface area contributed by atoms with Crippen molar-refractivity contribution in [2.24, 2.45) is 5.92 Å². The molecule has 2 aliphatic rings. The van der Waals surface area contributed by atoms with Crippen LogP contribution in [0, 0.1) is 11.7 Å². The maximum atomic E-state index is 14.7. The Morgan fingerprint density at radius 1 is 1.17 bits per heavy atom. The zero-order valence-corrected chi connectivity index (χ0v) is 20.7. The van der Waals surface area contributed by atoms with Crippen LogP contribution in [0.15, 0.2) is 30.3 Å². The van der Waals surface area contributed by atoms with Crippen LogP contribution in [0.1, 0.15) is 49.9 Å². The molecule has 2 fully saturated rings. The highest BCUT2D eigenvalue weighted by Crippen LogP contribution is 2.23. The van der Waals surface area contributed by atoms with Crippen molar-refractivity contribution >= 4 is 11.8 Å². The van der Waals surface area contributed by atoms with E-state index in [0.29, 0.717) is 42.6 Å². The summed E-state index contributed by atoms with van der Waals surface area (Å²) in [6.45, 7) is 6.56. The van der Waals surface area contributed by atoms with Crippen LogP contribution in [-0.2, 0) is 4.79 Å². The number of alkyl halides is 1. The van der Waals surface area contributed by atoms with Gasteiger partial charge in [-0.25, -0.2) is 8.78 Å². The molecule has 2 aromatic rings. The molecule has 0 spiro atoms. The number of benzene rings is 1. The summed E-state index contributed by atoms with van der Waals surface area (Å²) >= 11 is 0. The fourth-order valence-electron chi connectivity index (χ4n) is 4.63. The van der Waals surface area contributed by atoms with Gasteiger partial charge in [-0.3, -0.25) is 14.9 Å². The van der Waals surface area contributed by atoms with E-state index in [9.17, 15) is 18.4 Å². The lowest BCUT2D eigenvalue weighted by atomic mass is 9.97. The Hall–Kier alpha value is -2.98. The van der Waals surface area contributed by atoms with Gasteiger partial charge in [0.2, 0.25) is 11.8 Å². The van der Waals surface area contributed by atoms with Gasteiger partial charge in [-0.05, 0) is 83.3 Å². The first-order valence-electron chi connectivity index (χ1n) is 12.4. The smallest absolute Gasteiger partial charge is 0.260 e. The van der Waals surface area contributed by atoms with Gasteiger partial charge in [-0.1, -0.05) is 6.07 Å². The first-order valence-corrected chi connectivity index (χ1v) is 12.4. The molecule has 8 nitrogen and oxygen atoms in total. The van der Waals surface area contributed by atoms with Crippen LogP contribution in [0.25, 0.3) is 11.3 Å². The molecule has 2 N–H and O–H groups in total. The minimum Gasteiger partial charge on any atom is -0.476 e. The lowest BCUT2D eigenvalue weighted by molar-refractivity contribution is -0.121. The third-order valence-electron chi connectivity index (χ3n) is 6.54. The summed E-state index contributed by atoms with van der Waals surface area (Å²) < 4.78 is 34.3. The molecule has 2 amide bonds. The minimum absolute atomic E-state index is 0.209. The highest BCUT2D eigenvalue weighted by molar-refractivity contribution is 6.06. The number of nitrogens with one attached hydrogen (secondary N) is 2. The maximum absolute atomic E-state index is 14.7. The SMILES string of the molecule is CC(C)(F)CN1CCC(COc2ccc(-c3ccc(C(=O)NC(=O)[C@@H]4CCCN4)c(F)c3)nn2)CC1. The van der Waals surface area contributed by atoms with Crippen molar-refractivity contribution in [3.63, 3.8) is 0 Å². The second-order valence-electron chi connectivity index (χ2n) is 10.2. The molecule has 4 rings (SSSR count). The highest BCUT2D eigenvalue weighted by atomic mass is 19.1. The van der Waals surface area contributed by atoms with E-state index in [4.69, 9.17) is 4.74 Å². The molecule has 36 heavy (non-hydrogen) atoms. The molecule has 1 aromatic carbocycles. The monoisotopic (exact) mass is 501 g/mol. The van der Waals surface area contributed by atoms with E-state index >= 15 is 0 Å². The van der Waals surface area contributed by atoms with Gasteiger partial charge in [0.05, 0.1) is 23.9 Å². The van der Waals surface area contributed by atoms with Gasteiger partial charge in [0.1, 0.15) is 11.5 Å². The summed E-state index contributed by atoms with van der Waals surface area (Å²) in [4.78, 5) is 26.6. The first-order chi connectivity index (χ1) is 17.2. The minimum atomic E-state index is -1.19. The Morgan fingerprint density at radius 2 is 1.94 bits per heavy atom. The van der Waals surface area contributed by atoms with E-state index < -0.39 is 29.3 Å². The van der Waals surface area contributed by atoms with Crippen LogP contribution in [-0.4, -0.2) is 71.4 Å². The maximum Gasteiger partial charge on any atom is 0.260 e. The van der Waals surface area contributed by atoms with Crippen molar-refractivity contribution in [2.45, 2.75) is 51.2 Å². The van der Waals surface area contributed by atoms with E-state index in [1.54, 1.807) is 32.0 Å². The first kappa shape index (κ1) is 26.1. The largest absolute Gasteiger partial charge is 0.476 e. The van der Waals surface area contributed by atoms with Crippen LogP contribution in [0.3, 0.4) is 0 Å². The molecule has 0 saturated carbocycles. The van der Waals surface area contributed by atoms with E-state index in [0.717, 1.165) is 38.9 Å². The second kappa shape index (κ2) is 11.4. The normalized spacial score (nSPS) is 19.3. The number of amides is 2. The number of piperidine rings is 1. The number of carbonyl (C=O) groups excluding carboxylic acids is 2. The number of hydrogen-bond donors (Lipinski definition) is 2. The van der Waals surface area contributed by atoms with Gasteiger partial charge in [-0.15, -0.1) is 10.2 Å². The molecule has 2 aliphatic heterocycles. The van der Waals surface area contributed by atoms with Crippen LogP contribution >= 0.6 is 0 Å². The van der Waals surface area contributed by atoms with Crippen molar-refractivity contribution in [1.29, 1.82) is 0 Å². The summed E-state index contributed by atoms with van der Waals surface area (Å²) in [6, 6.07) is 7.02. The third-order valence-corrected chi connectivity index (χ3v) is 6.54. The second-order valence-corrected chi connectivity index (χ2v) is 10.2. The van der Waals surface area contributed by atoms with E-state index in [-0.39, 0.29) is 5.56 Å². The van der Waals surface area contributed by atoms with Gasteiger partial charge >= 0.3 is 0 Å². The fraction of sp³-hybridized carbons (Fsp3) is 0.538. The van der Waals surface area contributed by atoms with Crippen molar-refractivity contribution in [3.8, 4) is 17.1 Å². The van der Waals surface area contributed by atoms with Gasteiger partial charge in [0, 0.05) is 18.2 Å². The summed E-state index contributed by atoms with van der Waals surface area (Å²) in [5, 5.41) is 13.5. The standard InChI is InChI=1S/C26H33F2N5O3/c1-26(2,28)16-33-12-9-17(10-13-33)15-36-23-8-7-21(31-32-23)18-5-6-19(20(27)14-18)24(34)30-25(35)22-4-3-11-29-22/h5-8,14,17,22,29H,3-4,9-13,15-16H2,1-2H3,(H,30,34,35)/t22-/m0/s1. The lowest BCUT2D eigenvalue weighted by Crippen LogP contribution is -2.43. The molecule has 0 aliphatic carbocycles. The summed E-state index contributed by atoms with van der Waals surface area (Å²) in [5.74, 6) is -1.22. The van der Waals surface area contributed by atoms with Gasteiger partial charge < -0.3 is 15.0 Å². The average molecular weight is 502 g/mol. The molecule has 0 bridgehead atoms. The summed E-state index contributed by atoms with van der Waals surface area (Å²) in [7, 11) is 0. The van der Waals surface area contributed by atoms with Crippen molar-refractivity contribution < 1.29 is 23.1 Å². The van der Waals surface area contributed by atoms with Gasteiger partial charge in [-0.2, -0.15) is 0 Å². The molecule has 1 atom stereocenters. The molecule has 0 radical (unpaired) electrons. The number of carbonyl (C=O) groups is 2. The van der Waals surface area contributed by atoms with Gasteiger partial charge in [0.25, 0.3) is 5.91 Å². The number of halogens is 2. The number of likely N-dealkylation sites (tertiary alicyclic amines) is 1. The molecule has 2 saturated heterocycles. The number of aromatic nitrogens is 2. The third kappa shape index (κ3) is 7.04. The Bertz CT molecular complexity index is 1060. The number of imide groups is 1. The highest BCUT2D eigenvalue weighted by Gasteiger charge is 2.26. The number of hydrogen-bond acceptors (Lipinski definition) is 7. The van der Waals surface area contributed by atoms with Crippen LogP contribution in [0.4, 0.5) is 8.78 Å². The predicted molar refractivity (Wildman–Crippen MR) is 131 cm³/mol. The van der Waals surface area contributed by atoms with E-state index in [1.165, 1.54) is 12.1 Å². The Balaban J connectivity index is 1.28. The molecule has 1 aromatic heterocycles. The molecule has 3 heterocycles. The Morgan fingerprint density at radius 3 is 2.56 bits per heavy atom. The van der Waals surface area contributed by atoms with Gasteiger partial charge in [0.15, 0.2) is 0 Å². The zero-order valence-electron chi connectivity index (χ0n) is 20.7. The van der Waals surface area contributed by atoms with Crippen LogP contribution in [0.2, 0.25) is 0 Å². The fourth-order valence-corrected chi connectivity index (χ4v) is 4.63. The van der Waals surface area contributed by atoms with Crippen molar-refractivity contribution in [2.75, 3.05) is 32.8 Å². The van der Waals surface area contributed by atoms with E-state index in [1.807, 2.05) is 0 Å².